The van der Waals surface area contributed by atoms with Crippen LogP contribution in [0.5, 0.6) is 0 Å². The molecule has 2 N–H and O–H groups in total. The number of aryl methyl sites for hydroxylation is 2. The minimum atomic E-state index is 0.490. The second-order valence-electron chi connectivity index (χ2n) is 6.88. The van der Waals surface area contributed by atoms with Crippen LogP contribution in [0.2, 0.25) is 0 Å². The van der Waals surface area contributed by atoms with Crippen LogP contribution in [-0.2, 0) is 17.8 Å². The third kappa shape index (κ3) is 8.08. The van der Waals surface area contributed by atoms with Crippen molar-refractivity contribution in [2.45, 2.75) is 53.0 Å². The number of aromatic nitrogens is 3. The number of fused-ring (bicyclic) bond motifs is 3. The second-order valence-corrected chi connectivity index (χ2v) is 6.88. The van der Waals surface area contributed by atoms with Crippen LogP contribution in [0.3, 0.4) is 0 Å². The third-order valence-electron chi connectivity index (χ3n) is 4.53. The quantitative estimate of drug-likeness (QED) is 0.138. The molecule has 176 valence electrons. The number of allylic oxidation sites excluding steroid dienone is 3. The summed E-state index contributed by atoms with van der Waals surface area (Å²) in [5.41, 5.74) is 8.96. The molecule has 0 amide bonds. The number of hydrogen-bond donors (Lipinski definition) is 1. The summed E-state index contributed by atoms with van der Waals surface area (Å²) in [5.74, 6) is 1.54. The lowest BCUT2D eigenvalue weighted by Gasteiger charge is -2.10. The number of hydrogen-bond acceptors (Lipinski definition) is 5. The van der Waals surface area contributed by atoms with Gasteiger partial charge in [0.25, 0.3) is 0 Å². The van der Waals surface area contributed by atoms with Crippen LogP contribution in [0.4, 0.5) is 10.2 Å². The van der Waals surface area contributed by atoms with Crippen molar-refractivity contribution in [1.29, 1.82) is 0 Å². The van der Waals surface area contributed by atoms with Gasteiger partial charge in [0.1, 0.15) is 17.9 Å². The van der Waals surface area contributed by atoms with E-state index in [0.29, 0.717) is 18.8 Å². The molecule has 0 unspecified atom stereocenters. The van der Waals surface area contributed by atoms with Crippen molar-refractivity contribution >= 4 is 34.0 Å². The van der Waals surface area contributed by atoms with Crippen molar-refractivity contribution in [1.82, 2.24) is 14.5 Å². The highest BCUT2D eigenvalue weighted by Gasteiger charge is 2.16. The minimum absolute atomic E-state index is 0.490. The predicted octanol–water partition coefficient (Wildman–Crippen LogP) is 6.22. The highest BCUT2D eigenvalue weighted by atomic mass is 19.1. The normalized spacial score (nSPS) is 11.1. The maximum Gasteiger partial charge on any atom is 0.152 e. The molecule has 0 fully saturated rings. The number of benzene rings is 1. The zero-order valence-electron chi connectivity index (χ0n) is 19.7. The summed E-state index contributed by atoms with van der Waals surface area (Å²) in [6, 6.07) is 8.08. The molecule has 3 aromatic rings. The summed E-state index contributed by atoms with van der Waals surface area (Å²) >= 11 is 0. The number of pyridine rings is 1. The van der Waals surface area contributed by atoms with E-state index in [1.54, 1.807) is 13.1 Å². The smallest absolute Gasteiger partial charge is 0.152 e. The van der Waals surface area contributed by atoms with Gasteiger partial charge in [-0.1, -0.05) is 48.5 Å². The van der Waals surface area contributed by atoms with E-state index in [9.17, 15) is 4.39 Å². The number of oxime groups is 1. The zero-order valence-corrected chi connectivity index (χ0v) is 19.7. The van der Waals surface area contributed by atoms with Gasteiger partial charge in [-0.3, -0.25) is 0 Å². The molecule has 0 aliphatic carbocycles. The van der Waals surface area contributed by atoms with Gasteiger partial charge in [0, 0.05) is 37.4 Å². The number of terminal acetylenes is 1. The van der Waals surface area contributed by atoms with Crippen molar-refractivity contribution in [3.8, 4) is 12.8 Å². The Kier molecular flexibility index (Phi) is 13.3. The molecular formula is C26H34FN5O. The van der Waals surface area contributed by atoms with Crippen molar-refractivity contribution in [2.75, 3.05) is 12.3 Å². The van der Waals surface area contributed by atoms with Crippen LogP contribution in [0, 0.1) is 12.8 Å². The molecule has 0 saturated carbocycles. The van der Waals surface area contributed by atoms with Gasteiger partial charge in [-0.15, -0.1) is 12.8 Å². The number of nitrogens with two attached hydrogens (primary N) is 1. The molecule has 7 heteroatoms. The van der Waals surface area contributed by atoms with Crippen molar-refractivity contribution in [2.24, 2.45) is 5.16 Å². The first kappa shape index (κ1) is 27.4. The summed E-state index contributed by atoms with van der Waals surface area (Å²) in [7, 11) is 0. The largest absolute Gasteiger partial charge is 0.396 e. The lowest BCUT2D eigenvalue weighted by atomic mass is 10.2. The highest BCUT2D eigenvalue weighted by molar-refractivity contribution is 6.06. The van der Waals surface area contributed by atoms with Crippen molar-refractivity contribution in [3.63, 3.8) is 0 Å². The number of para-hydroxylation sites is 1. The number of nitrogens with zero attached hydrogens (tertiary/aromatic N) is 4. The Morgan fingerprint density at radius 3 is 2.58 bits per heavy atom. The molecule has 33 heavy (non-hydrogen) atoms. The van der Waals surface area contributed by atoms with Gasteiger partial charge in [-0.2, -0.15) is 0 Å². The van der Waals surface area contributed by atoms with E-state index in [2.05, 4.69) is 40.5 Å². The van der Waals surface area contributed by atoms with E-state index in [-0.39, 0.29) is 0 Å². The van der Waals surface area contributed by atoms with E-state index in [4.69, 9.17) is 15.6 Å². The summed E-state index contributed by atoms with van der Waals surface area (Å²) < 4.78 is 12.8. The van der Waals surface area contributed by atoms with Crippen LogP contribution in [0.1, 0.15) is 45.9 Å². The summed E-state index contributed by atoms with van der Waals surface area (Å²) in [6.45, 7) is 7.15. The van der Waals surface area contributed by atoms with Gasteiger partial charge >= 0.3 is 0 Å². The lowest BCUT2D eigenvalue weighted by molar-refractivity contribution is 0.139. The van der Waals surface area contributed by atoms with Gasteiger partial charge in [0.15, 0.2) is 5.82 Å². The average molecular weight is 452 g/mol. The highest BCUT2D eigenvalue weighted by Crippen LogP contribution is 2.29. The molecule has 0 bridgehead atoms. The molecule has 0 radical (unpaired) electrons. The first-order chi connectivity index (χ1) is 16.2. The van der Waals surface area contributed by atoms with E-state index < -0.39 is 0 Å². The van der Waals surface area contributed by atoms with E-state index in [1.807, 2.05) is 37.3 Å². The number of halogens is 1. The summed E-state index contributed by atoms with van der Waals surface area (Å²) in [5, 5.41) is 5.07. The Hall–Kier alpha value is -3.66. The minimum Gasteiger partial charge on any atom is -0.396 e. The van der Waals surface area contributed by atoms with Crippen LogP contribution >= 0.6 is 0 Å². The third-order valence-corrected chi connectivity index (χ3v) is 4.53. The van der Waals surface area contributed by atoms with E-state index >= 15 is 0 Å². The van der Waals surface area contributed by atoms with Crippen molar-refractivity contribution < 1.29 is 9.23 Å². The van der Waals surface area contributed by atoms with E-state index in [1.165, 1.54) is 6.08 Å². The zero-order chi connectivity index (χ0) is 24.5. The number of rotatable bonds is 9. The molecule has 1 aromatic carbocycles. The van der Waals surface area contributed by atoms with Gasteiger partial charge in [0.2, 0.25) is 0 Å². The van der Waals surface area contributed by atoms with Crippen molar-refractivity contribution in [3.05, 3.63) is 54.6 Å². The Morgan fingerprint density at radius 1 is 1.18 bits per heavy atom. The molecule has 6 nitrogen and oxygen atoms in total. The van der Waals surface area contributed by atoms with Gasteiger partial charge in [-0.05, 0) is 26.3 Å². The number of imidazole rings is 1. The fourth-order valence-electron chi connectivity index (χ4n) is 3.19. The second kappa shape index (κ2) is 16.0. The Morgan fingerprint density at radius 2 is 1.91 bits per heavy atom. The maximum atomic E-state index is 10.5. The first-order valence-electron chi connectivity index (χ1n) is 11.0. The molecule has 0 aliphatic rings. The van der Waals surface area contributed by atoms with Gasteiger partial charge in [-0.25, -0.2) is 14.4 Å². The molecule has 0 spiro atoms. The molecular weight excluding hydrogens is 417 g/mol. The van der Waals surface area contributed by atoms with Crippen LogP contribution in [0.15, 0.2) is 54.0 Å². The van der Waals surface area contributed by atoms with Crippen LogP contribution < -0.4 is 5.73 Å². The lowest BCUT2D eigenvalue weighted by Crippen LogP contribution is -2.06. The fraction of sp³-hybridized carbons (Fsp3) is 0.346. The molecule has 2 aromatic heterocycles. The van der Waals surface area contributed by atoms with Gasteiger partial charge in [0.05, 0.1) is 17.4 Å². The summed E-state index contributed by atoms with van der Waals surface area (Å²) in [6.07, 6.45) is 19.2. The monoisotopic (exact) mass is 451 g/mol. The number of nitrogen functional groups attached to an aromatic ring is 1. The Balaban J connectivity index is 0.000000820. The molecule has 2 heterocycles. The fourth-order valence-corrected chi connectivity index (χ4v) is 3.19. The molecule has 0 saturated heterocycles. The SMILES string of the molecule is C#C.C/C=C/F.C/C=C\C/C=N/OCCCn1c(CCC)nc2c(N)nc3ccccc3c21. The van der Waals surface area contributed by atoms with Gasteiger partial charge < -0.3 is 15.1 Å². The predicted molar refractivity (Wildman–Crippen MR) is 138 cm³/mol. The number of anilines is 1. The average Bonchev–Trinajstić information content (AvgIpc) is 3.21. The van der Waals surface area contributed by atoms with E-state index in [0.717, 1.165) is 60.0 Å². The first-order valence-corrected chi connectivity index (χ1v) is 11.0. The Labute approximate surface area is 196 Å². The van der Waals surface area contributed by atoms with Crippen LogP contribution in [-0.4, -0.2) is 27.4 Å². The standard InChI is InChI=1S/C21H27N5O.C3H5F.C2H2/c1-3-5-8-13-23-27-15-9-14-26-18(10-4-2)25-19-20(26)16-11-6-7-12-17(16)24-21(19)22;1-2-3-4;1-2/h3,5-7,11-13H,4,8-10,14-15H2,1-2H3,(H2,22,24);2-3H,1H3;1-2H/b5-3-,23-13+;3-2+;. The molecule has 3 rings (SSSR count). The molecule has 0 aliphatic heterocycles. The summed E-state index contributed by atoms with van der Waals surface area (Å²) in [4.78, 5) is 14.7. The molecule has 0 atom stereocenters. The van der Waals surface area contributed by atoms with Crippen LogP contribution in [0.25, 0.3) is 21.9 Å². The Bertz CT molecular complexity index is 1080. The maximum absolute atomic E-state index is 10.5. The topological polar surface area (TPSA) is 78.3 Å².